The number of hydrogen-bond donors (Lipinski definition) is 1. The first-order chi connectivity index (χ1) is 10.7. The maximum absolute atomic E-state index is 12.7. The van der Waals surface area contributed by atoms with E-state index < -0.39 is 0 Å². The van der Waals surface area contributed by atoms with E-state index in [-0.39, 0.29) is 24.2 Å². The Labute approximate surface area is 142 Å². The molecule has 1 amide bonds. The fourth-order valence-corrected chi connectivity index (χ4v) is 3.24. The van der Waals surface area contributed by atoms with E-state index in [0.29, 0.717) is 12.0 Å². The highest BCUT2D eigenvalue weighted by molar-refractivity contribution is 5.82. The van der Waals surface area contributed by atoms with E-state index in [2.05, 4.69) is 63.7 Å². The SMILES string of the molecule is CC1CN(C(C(=O)NCCCN(C)C(C)C)C(C)C)CC(C)O1. The van der Waals surface area contributed by atoms with Crippen molar-refractivity contribution in [3.63, 3.8) is 0 Å². The second-order valence-electron chi connectivity index (χ2n) is 7.62. The van der Waals surface area contributed by atoms with Crippen LogP contribution in [0.4, 0.5) is 0 Å². The van der Waals surface area contributed by atoms with E-state index in [1.54, 1.807) is 0 Å². The topological polar surface area (TPSA) is 44.8 Å². The third-order valence-electron chi connectivity index (χ3n) is 4.61. The number of nitrogens with one attached hydrogen (secondary N) is 1. The first-order valence-electron chi connectivity index (χ1n) is 9.09. The molecule has 1 aliphatic rings. The Hall–Kier alpha value is -0.650. The largest absolute Gasteiger partial charge is 0.373 e. The van der Waals surface area contributed by atoms with E-state index >= 15 is 0 Å². The number of nitrogens with zero attached hydrogens (tertiary/aromatic N) is 2. The molecule has 1 fully saturated rings. The van der Waals surface area contributed by atoms with Gasteiger partial charge < -0.3 is 15.0 Å². The summed E-state index contributed by atoms with van der Waals surface area (Å²) < 4.78 is 5.79. The second kappa shape index (κ2) is 9.60. The number of carbonyl (C=O) groups excluding carboxylic acids is 1. The Morgan fingerprint density at radius 1 is 1.22 bits per heavy atom. The van der Waals surface area contributed by atoms with Crippen LogP contribution in [0.15, 0.2) is 0 Å². The molecule has 0 bridgehead atoms. The van der Waals surface area contributed by atoms with Crippen LogP contribution in [-0.4, -0.2) is 73.2 Å². The monoisotopic (exact) mass is 327 g/mol. The van der Waals surface area contributed by atoms with Crippen LogP contribution in [0.1, 0.15) is 48.0 Å². The lowest BCUT2D eigenvalue weighted by atomic mass is 9.99. The summed E-state index contributed by atoms with van der Waals surface area (Å²) in [6.45, 7) is 16.2. The summed E-state index contributed by atoms with van der Waals surface area (Å²) in [4.78, 5) is 17.3. The lowest BCUT2D eigenvalue weighted by Gasteiger charge is -2.41. The van der Waals surface area contributed by atoms with Gasteiger partial charge >= 0.3 is 0 Å². The molecule has 5 nitrogen and oxygen atoms in total. The lowest BCUT2D eigenvalue weighted by molar-refractivity contribution is -0.135. The molecule has 1 N–H and O–H groups in total. The van der Waals surface area contributed by atoms with Crippen molar-refractivity contribution in [1.29, 1.82) is 0 Å². The summed E-state index contributed by atoms with van der Waals surface area (Å²) in [7, 11) is 2.12. The van der Waals surface area contributed by atoms with E-state index in [9.17, 15) is 4.79 Å². The van der Waals surface area contributed by atoms with Gasteiger partial charge in [-0.05, 0) is 53.6 Å². The van der Waals surface area contributed by atoms with Crippen LogP contribution in [0.3, 0.4) is 0 Å². The minimum absolute atomic E-state index is 0.0633. The van der Waals surface area contributed by atoms with Crippen molar-refractivity contribution < 1.29 is 9.53 Å². The molecule has 23 heavy (non-hydrogen) atoms. The summed E-state index contributed by atoms with van der Waals surface area (Å²) in [5, 5.41) is 3.14. The number of carbonyl (C=O) groups is 1. The minimum Gasteiger partial charge on any atom is -0.373 e. The molecule has 0 spiro atoms. The fourth-order valence-electron chi connectivity index (χ4n) is 3.24. The van der Waals surface area contributed by atoms with Crippen LogP contribution >= 0.6 is 0 Å². The molecule has 0 aromatic carbocycles. The third kappa shape index (κ3) is 6.77. The number of rotatable bonds is 8. The molecule has 1 rings (SSSR count). The summed E-state index contributed by atoms with van der Waals surface area (Å²) >= 11 is 0. The molecule has 0 aromatic heterocycles. The highest BCUT2D eigenvalue weighted by Crippen LogP contribution is 2.18. The first kappa shape index (κ1) is 20.4. The number of hydrogen-bond acceptors (Lipinski definition) is 4. The Kier molecular flexibility index (Phi) is 8.51. The molecule has 1 heterocycles. The summed E-state index contributed by atoms with van der Waals surface area (Å²) in [6.07, 6.45) is 1.36. The van der Waals surface area contributed by atoms with Gasteiger partial charge in [0.25, 0.3) is 0 Å². The maximum Gasteiger partial charge on any atom is 0.237 e. The van der Waals surface area contributed by atoms with Crippen LogP contribution in [0, 0.1) is 5.92 Å². The molecule has 1 saturated heterocycles. The summed E-state index contributed by atoms with van der Waals surface area (Å²) in [6, 6.07) is 0.483. The molecule has 3 atom stereocenters. The Balaban J connectivity index is 2.48. The van der Waals surface area contributed by atoms with E-state index in [4.69, 9.17) is 4.74 Å². The molecule has 5 heteroatoms. The van der Waals surface area contributed by atoms with Crippen molar-refractivity contribution in [2.75, 3.05) is 33.2 Å². The van der Waals surface area contributed by atoms with Crippen LogP contribution in [0.25, 0.3) is 0 Å². The van der Waals surface area contributed by atoms with E-state index in [1.165, 1.54) is 0 Å². The third-order valence-corrected chi connectivity index (χ3v) is 4.61. The van der Waals surface area contributed by atoms with E-state index in [1.807, 2.05) is 0 Å². The molecule has 0 aliphatic carbocycles. The zero-order chi connectivity index (χ0) is 17.6. The van der Waals surface area contributed by atoms with Crippen LogP contribution in [0.2, 0.25) is 0 Å². The quantitative estimate of drug-likeness (QED) is 0.692. The fraction of sp³-hybridized carbons (Fsp3) is 0.944. The van der Waals surface area contributed by atoms with Gasteiger partial charge in [0, 0.05) is 25.7 Å². The predicted octanol–water partition coefficient (Wildman–Crippen LogP) is 1.97. The smallest absolute Gasteiger partial charge is 0.237 e. The molecule has 1 aliphatic heterocycles. The minimum atomic E-state index is -0.0633. The van der Waals surface area contributed by atoms with Gasteiger partial charge in [0.15, 0.2) is 0 Å². The van der Waals surface area contributed by atoms with Gasteiger partial charge in [-0.1, -0.05) is 13.8 Å². The number of morpholine rings is 1. The molecule has 136 valence electrons. The van der Waals surface area contributed by atoms with Crippen molar-refractivity contribution in [3.05, 3.63) is 0 Å². The van der Waals surface area contributed by atoms with Gasteiger partial charge in [0.1, 0.15) is 0 Å². The van der Waals surface area contributed by atoms with Gasteiger partial charge in [0.05, 0.1) is 18.2 Å². The number of ether oxygens (including phenoxy) is 1. The Morgan fingerprint density at radius 2 is 1.78 bits per heavy atom. The maximum atomic E-state index is 12.7. The zero-order valence-corrected chi connectivity index (χ0v) is 16.1. The van der Waals surface area contributed by atoms with E-state index in [0.717, 1.165) is 32.6 Å². The highest BCUT2D eigenvalue weighted by Gasteiger charge is 2.33. The van der Waals surface area contributed by atoms with Gasteiger partial charge in [-0.15, -0.1) is 0 Å². The Morgan fingerprint density at radius 3 is 2.26 bits per heavy atom. The van der Waals surface area contributed by atoms with Crippen LogP contribution in [-0.2, 0) is 9.53 Å². The normalized spacial score (nSPS) is 24.4. The predicted molar refractivity (Wildman–Crippen MR) is 95.6 cm³/mol. The van der Waals surface area contributed by atoms with Gasteiger partial charge in [-0.25, -0.2) is 0 Å². The lowest BCUT2D eigenvalue weighted by Crippen LogP contribution is -2.57. The molecular formula is C18H37N3O2. The standard InChI is InChI=1S/C18H37N3O2/c1-13(2)17(21-11-15(5)23-16(6)12-21)18(22)19-9-8-10-20(7)14(3)4/h13-17H,8-12H2,1-7H3,(H,19,22). The average Bonchev–Trinajstić information content (AvgIpc) is 2.41. The van der Waals surface area contributed by atoms with Gasteiger partial charge in [-0.2, -0.15) is 0 Å². The second-order valence-corrected chi connectivity index (χ2v) is 7.62. The van der Waals surface area contributed by atoms with Crippen LogP contribution in [0.5, 0.6) is 0 Å². The molecule has 0 saturated carbocycles. The van der Waals surface area contributed by atoms with Crippen molar-refractivity contribution in [3.8, 4) is 0 Å². The molecule has 0 radical (unpaired) electrons. The summed E-state index contributed by atoms with van der Waals surface area (Å²) in [5.41, 5.74) is 0. The molecular weight excluding hydrogens is 290 g/mol. The highest BCUT2D eigenvalue weighted by atomic mass is 16.5. The molecule has 0 aromatic rings. The van der Waals surface area contributed by atoms with Crippen molar-refractivity contribution >= 4 is 5.91 Å². The zero-order valence-electron chi connectivity index (χ0n) is 16.1. The molecule has 3 unspecified atom stereocenters. The van der Waals surface area contributed by atoms with Crippen molar-refractivity contribution in [2.24, 2.45) is 5.92 Å². The van der Waals surface area contributed by atoms with Gasteiger partial charge in [-0.3, -0.25) is 9.69 Å². The summed E-state index contributed by atoms with van der Waals surface area (Å²) in [5.74, 6) is 0.458. The van der Waals surface area contributed by atoms with Crippen LogP contribution < -0.4 is 5.32 Å². The van der Waals surface area contributed by atoms with Gasteiger partial charge in [0.2, 0.25) is 5.91 Å². The van der Waals surface area contributed by atoms with Crippen molar-refractivity contribution in [2.45, 2.75) is 72.3 Å². The number of amides is 1. The average molecular weight is 328 g/mol. The Bertz CT molecular complexity index is 350. The first-order valence-corrected chi connectivity index (χ1v) is 9.09. The van der Waals surface area contributed by atoms with Crippen molar-refractivity contribution in [1.82, 2.24) is 15.1 Å².